The lowest BCUT2D eigenvalue weighted by molar-refractivity contribution is -0.116. The van der Waals surface area contributed by atoms with Gasteiger partial charge < -0.3 is 14.4 Å². The second kappa shape index (κ2) is 8.04. The highest BCUT2D eigenvalue weighted by atomic mass is 32.2. The smallest absolute Gasteiger partial charge is 0.237 e. The number of benzene rings is 2. The van der Waals surface area contributed by atoms with Crippen molar-refractivity contribution < 1.29 is 14.3 Å². The Morgan fingerprint density at radius 1 is 1.19 bits per heavy atom. The van der Waals surface area contributed by atoms with Crippen LogP contribution in [0.15, 0.2) is 36.4 Å². The summed E-state index contributed by atoms with van der Waals surface area (Å²) in [5.41, 5.74) is 4.62. The van der Waals surface area contributed by atoms with E-state index in [1.54, 1.807) is 26.0 Å². The van der Waals surface area contributed by atoms with Gasteiger partial charge >= 0.3 is 0 Å². The molecule has 0 aliphatic carbocycles. The highest BCUT2D eigenvalue weighted by Crippen LogP contribution is 2.34. The normalized spacial score (nSPS) is 15.7. The fourth-order valence-electron chi connectivity index (χ4n) is 3.44. The van der Waals surface area contributed by atoms with E-state index in [1.165, 1.54) is 5.56 Å². The van der Waals surface area contributed by atoms with Gasteiger partial charge in [-0.2, -0.15) is 0 Å². The summed E-state index contributed by atoms with van der Waals surface area (Å²) < 4.78 is 10.7. The average molecular weight is 372 g/mol. The molecule has 1 amide bonds. The van der Waals surface area contributed by atoms with E-state index in [-0.39, 0.29) is 11.9 Å². The van der Waals surface area contributed by atoms with Crippen LogP contribution < -0.4 is 14.4 Å². The van der Waals surface area contributed by atoms with Gasteiger partial charge in [0.05, 0.1) is 20.0 Å². The highest BCUT2D eigenvalue weighted by molar-refractivity contribution is 7.99. The highest BCUT2D eigenvalue weighted by Gasteiger charge is 2.30. The van der Waals surface area contributed by atoms with Crippen LogP contribution in [0.3, 0.4) is 0 Å². The molecule has 0 bridgehead atoms. The molecule has 26 heavy (non-hydrogen) atoms. The third kappa shape index (κ3) is 3.68. The summed E-state index contributed by atoms with van der Waals surface area (Å²) in [5.74, 6) is 2.86. The van der Waals surface area contributed by atoms with Crippen LogP contribution in [0.5, 0.6) is 11.5 Å². The first-order chi connectivity index (χ1) is 12.5. The molecule has 1 atom stereocenters. The van der Waals surface area contributed by atoms with E-state index in [2.05, 4.69) is 19.9 Å². The average Bonchev–Trinajstić information content (AvgIpc) is 2.98. The van der Waals surface area contributed by atoms with Gasteiger partial charge in [0.15, 0.2) is 11.5 Å². The van der Waals surface area contributed by atoms with E-state index in [0.29, 0.717) is 5.75 Å². The van der Waals surface area contributed by atoms with E-state index in [0.717, 1.165) is 40.5 Å². The molecule has 4 nitrogen and oxygen atoms in total. The summed E-state index contributed by atoms with van der Waals surface area (Å²) in [6.45, 7) is 4.17. The van der Waals surface area contributed by atoms with E-state index in [9.17, 15) is 4.79 Å². The molecule has 0 saturated heterocycles. The van der Waals surface area contributed by atoms with Gasteiger partial charge in [0.2, 0.25) is 5.91 Å². The summed E-state index contributed by atoms with van der Waals surface area (Å²) in [6, 6.07) is 12.4. The van der Waals surface area contributed by atoms with E-state index >= 15 is 0 Å². The first-order valence-electron chi connectivity index (χ1n) is 8.74. The van der Waals surface area contributed by atoms with Gasteiger partial charge in [-0.1, -0.05) is 18.2 Å². The SMILES string of the molecule is COc1cc(C)c(CSCC(=O)N2c3ccccc3CC2C)cc1OC. The summed E-state index contributed by atoms with van der Waals surface area (Å²) in [7, 11) is 3.28. The topological polar surface area (TPSA) is 38.8 Å². The van der Waals surface area contributed by atoms with Crippen LogP contribution in [0.2, 0.25) is 0 Å². The van der Waals surface area contributed by atoms with Crippen LogP contribution in [0.25, 0.3) is 0 Å². The molecule has 1 aliphatic heterocycles. The van der Waals surface area contributed by atoms with Crippen molar-refractivity contribution in [3.05, 3.63) is 53.1 Å². The Balaban J connectivity index is 1.64. The molecule has 0 radical (unpaired) electrons. The third-order valence-corrected chi connectivity index (χ3v) is 5.77. The van der Waals surface area contributed by atoms with Gasteiger partial charge in [-0.15, -0.1) is 11.8 Å². The maximum Gasteiger partial charge on any atom is 0.237 e. The van der Waals surface area contributed by atoms with E-state index in [4.69, 9.17) is 9.47 Å². The minimum Gasteiger partial charge on any atom is -0.493 e. The number of thioether (sulfide) groups is 1. The Hall–Kier alpha value is -2.14. The lowest BCUT2D eigenvalue weighted by atomic mass is 10.1. The molecule has 138 valence electrons. The molecule has 0 spiro atoms. The third-order valence-electron chi connectivity index (χ3n) is 4.80. The van der Waals surface area contributed by atoms with Crippen LogP contribution >= 0.6 is 11.8 Å². The molecule has 0 N–H and O–H groups in total. The Morgan fingerprint density at radius 3 is 2.62 bits per heavy atom. The molecule has 2 aromatic carbocycles. The zero-order chi connectivity index (χ0) is 18.7. The van der Waals surface area contributed by atoms with Crippen molar-refractivity contribution in [1.82, 2.24) is 0 Å². The summed E-state index contributed by atoms with van der Waals surface area (Å²) >= 11 is 1.64. The molecular weight excluding hydrogens is 346 g/mol. The van der Waals surface area contributed by atoms with Crippen LogP contribution in [0.1, 0.15) is 23.6 Å². The van der Waals surface area contributed by atoms with E-state index < -0.39 is 0 Å². The van der Waals surface area contributed by atoms with Crippen molar-refractivity contribution in [2.45, 2.75) is 32.1 Å². The Kier molecular flexibility index (Phi) is 5.77. The van der Waals surface area contributed by atoms with Gasteiger partial charge in [-0.05, 0) is 55.2 Å². The number of amides is 1. The van der Waals surface area contributed by atoms with Crippen LogP contribution in [0.4, 0.5) is 5.69 Å². The molecule has 5 heteroatoms. The number of hydrogen-bond donors (Lipinski definition) is 0. The molecule has 1 heterocycles. The summed E-state index contributed by atoms with van der Waals surface area (Å²) in [4.78, 5) is 14.7. The minimum atomic E-state index is 0.172. The minimum absolute atomic E-state index is 0.172. The quantitative estimate of drug-likeness (QED) is 0.762. The number of fused-ring (bicyclic) bond motifs is 1. The Morgan fingerprint density at radius 2 is 1.88 bits per heavy atom. The van der Waals surface area contributed by atoms with Gasteiger partial charge in [0.1, 0.15) is 0 Å². The number of hydrogen-bond acceptors (Lipinski definition) is 4. The maximum atomic E-state index is 12.8. The number of carbonyl (C=O) groups excluding carboxylic acids is 1. The fraction of sp³-hybridized carbons (Fsp3) is 0.381. The lowest BCUT2D eigenvalue weighted by Crippen LogP contribution is -2.37. The van der Waals surface area contributed by atoms with Crippen molar-refractivity contribution in [3.63, 3.8) is 0 Å². The Bertz CT molecular complexity index is 806. The number of aryl methyl sites for hydroxylation is 1. The summed E-state index contributed by atoms with van der Waals surface area (Å²) in [6.07, 6.45) is 0.932. The van der Waals surface area contributed by atoms with Crippen molar-refractivity contribution in [2.24, 2.45) is 0 Å². The molecule has 2 aromatic rings. The van der Waals surface area contributed by atoms with Crippen LogP contribution in [0, 0.1) is 6.92 Å². The van der Waals surface area contributed by atoms with Crippen molar-refractivity contribution >= 4 is 23.4 Å². The van der Waals surface area contributed by atoms with Crippen molar-refractivity contribution in [3.8, 4) is 11.5 Å². The molecule has 3 rings (SSSR count). The number of nitrogens with zero attached hydrogens (tertiary/aromatic N) is 1. The Labute approximate surface area is 159 Å². The van der Waals surface area contributed by atoms with Gasteiger partial charge in [-0.3, -0.25) is 4.79 Å². The predicted octanol–water partition coefficient (Wildman–Crippen LogP) is 4.22. The lowest BCUT2D eigenvalue weighted by Gasteiger charge is -2.22. The van der Waals surface area contributed by atoms with Crippen molar-refractivity contribution in [1.29, 1.82) is 0 Å². The van der Waals surface area contributed by atoms with Crippen molar-refractivity contribution in [2.75, 3.05) is 24.9 Å². The largest absolute Gasteiger partial charge is 0.493 e. The second-order valence-electron chi connectivity index (χ2n) is 6.57. The van der Waals surface area contributed by atoms with Gasteiger partial charge in [0.25, 0.3) is 0 Å². The zero-order valence-electron chi connectivity index (χ0n) is 15.7. The van der Waals surface area contributed by atoms with E-state index in [1.807, 2.05) is 35.2 Å². The molecule has 1 unspecified atom stereocenters. The number of para-hydroxylation sites is 1. The molecule has 0 saturated carbocycles. The standard InChI is InChI=1S/C21H25NO3S/c1-14-9-19(24-3)20(25-4)11-17(14)12-26-13-21(23)22-15(2)10-16-7-5-6-8-18(16)22/h5-9,11,15H,10,12-13H2,1-4H3. The summed E-state index contributed by atoms with van der Waals surface area (Å²) in [5, 5.41) is 0. The van der Waals surface area contributed by atoms with Crippen LogP contribution in [-0.2, 0) is 17.0 Å². The predicted molar refractivity (Wildman–Crippen MR) is 108 cm³/mol. The molecule has 0 fully saturated rings. The number of anilines is 1. The van der Waals surface area contributed by atoms with Crippen LogP contribution in [-0.4, -0.2) is 31.9 Å². The van der Waals surface area contributed by atoms with Gasteiger partial charge in [0, 0.05) is 17.5 Å². The fourth-order valence-corrected chi connectivity index (χ4v) is 4.39. The molecule has 0 aromatic heterocycles. The zero-order valence-corrected chi connectivity index (χ0v) is 16.6. The first kappa shape index (κ1) is 18.6. The second-order valence-corrected chi connectivity index (χ2v) is 7.56. The number of carbonyl (C=O) groups is 1. The number of ether oxygens (including phenoxy) is 2. The van der Waals surface area contributed by atoms with Gasteiger partial charge in [-0.25, -0.2) is 0 Å². The molecular formula is C21H25NO3S. The molecule has 1 aliphatic rings. The monoisotopic (exact) mass is 371 g/mol. The number of rotatable bonds is 6. The number of methoxy groups -OCH3 is 2. The maximum absolute atomic E-state index is 12.8. The first-order valence-corrected chi connectivity index (χ1v) is 9.89.